The van der Waals surface area contributed by atoms with E-state index in [4.69, 9.17) is 14.6 Å². The van der Waals surface area contributed by atoms with E-state index in [0.717, 1.165) is 32.5 Å². The molecule has 0 aliphatic carbocycles. The molecule has 1 aromatic heterocycles. The maximum atomic E-state index is 12.1. The minimum absolute atomic E-state index is 0.0591. The first-order valence-corrected chi connectivity index (χ1v) is 10.00. The van der Waals surface area contributed by atoms with Crippen molar-refractivity contribution in [2.75, 3.05) is 13.1 Å². The number of piperidine rings is 1. The van der Waals surface area contributed by atoms with Crippen LogP contribution >= 0.6 is 11.3 Å². The third-order valence-corrected chi connectivity index (χ3v) is 5.32. The van der Waals surface area contributed by atoms with Crippen molar-refractivity contribution >= 4 is 23.2 Å². The summed E-state index contributed by atoms with van der Waals surface area (Å²) in [5, 5.41) is 14.4. The van der Waals surface area contributed by atoms with Crippen LogP contribution in [-0.4, -0.2) is 59.4 Å². The van der Waals surface area contributed by atoms with Crippen LogP contribution in [0, 0.1) is 5.92 Å². The highest BCUT2D eigenvalue weighted by molar-refractivity contribution is 7.07. The van der Waals surface area contributed by atoms with Gasteiger partial charge in [0, 0.05) is 19.1 Å². The average molecular weight is 422 g/mol. The first-order chi connectivity index (χ1) is 13.1. The molecule has 0 aromatic carbocycles. The van der Waals surface area contributed by atoms with Crippen molar-refractivity contribution in [1.29, 1.82) is 0 Å². The standard InChI is InChI=1S/C16H24N2O2S.C2HF3O2/c1-11(2)17-16(19)14-7-13-3-5-18(9-15(13)20-14)8-12-4-6-21-10-12;3-2(4,5)1(6)7/h4,6,10-11,13-15H,3,5,7-9H2,1-2H3,(H,17,19);(H,6,7)/t13-,14-,15+;/m0./s1. The summed E-state index contributed by atoms with van der Waals surface area (Å²) in [5.74, 6) is -2.15. The van der Waals surface area contributed by atoms with Crippen LogP contribution in [0.15, 0.2) is 16.8 Å². The van der Waals surface area contributed by atoms with Crippen LogP contribution in [0.4, 0.5) is 13.2 Å². The lowest BCUT2D eigenvalue weighted by Gasteiger charge is -2.33. The van der Waals surface area contributed by atoms with Gasteiger partial charge in [-0.2, -0.15) is 24.5 Å². The van der Waals surface area contributed by atoms with E-state index in [0.29, 0.717) is 5.92 Å². The highest BCUT2D eigenvalue weighted by Crippen LogP contribution is 2.33. The number of carbonyl (C=O) groups excluding carboxylic acids is 1. The van der Waals surface area contributed by atoms with Gasteiger partial charge in [0.15, 0.2) is 0 Å². The van der Waals surface area contributed by atoms with Crippen LogP contribution in [0.5, 0.6) is 0 Å². The molecule has 2 aliphatic rings. The molecule has 2 saturated heterocycles. The number of rotatable bonds is 4. The lowest BCUT2D eigenvalue weighted by atomic mass is 9.91. The van der Waals surface area contributed by atoms with Crippen LogP contribution in [-0.2, 0) is 20.9 Å². The highest BCUT2D eigenvalue weighted by Gasteiger charge is 2.41. The molecule has 3 atom stereocenters. The molecule has 1 aromatic rings. The molecular formula is C18H25F3N2O4S. The van der Waals surface area contributed by atoms with Crippen molar-refractivity contribution in [2.45, 2.75) is 57.7 Å². The topological polar surface area (TPSA) is 78.9 Å². The Labute approximate surface area is 165 Å². The van der Waals surface area contributed by atoms with E-state index in [2.05, 4.69) is 27.0 Å². The second kappa shape index (κ2) is 9.71. The molecule has 0 spiro atoms. The van der Waals surface area contributed by atoms with Gasteiger partial charge in [-0.1, -0.05) is 0 Å². The maximum absolute atomic E-state index is 12.1. The lowest BCUT2D eigenvalue weighted by Crippen LogP contribution is -2.42. The first kappa shape index (κ1) is 22.6. The number of carboxylic acids is 1. The number of aliphatic carboxylic acids is 1. The van der Waals surface area contributed by atoms with Crippen LogP contribution in [0.1, 0.15) is 32.3 Å². The molecule has 2 aliphatic heterocycles. The van der Waals surface area contributed by atoms with E-state index < -0.39 is 12.1 Å². The van der Waals surface area contributed by atoms with E-state index in [9.17, 15) is 18.0 Å². The Hall–Kier alpha value is -1.65. The van der Waals surface area contributed by atoms with Crippen molar-refractivity contribution in [3.8, 4) is 0 Å². The number of ether oxygens (including phenoxy) is 1. The van der Waals surface area contributed by atoms with Crippen molar-refractivity contribution in [1.82, 2.24) is 10.2 Å². The van der Waals surface area contributed by atoms with Crippen molar-refractivity contribution in [2.24, 2.45) is 5.92 Å². The number of halogens is 3. The van der Waals surface area contributed by atoms with Crippen LogP contribution in [0.3, 0.4) is 0 Å². The van der Waals surface area contributed by atoms with Crippen LogP contribution in [0.2, 0.25) is 0 Å². The molecule has 6 nitrogen and oxygen atoms in total. The summed E-state index contributed by atoms with van der Waals surface area (Å²) in [5.41, 5.74) is 1.38. The van der Waals surface area contributed by atoms with E-state index >= 15 is 0 Å². The Morgan fingerprint density at radius 2 is 2.11 bits per heavy atom. The molecule has 3 heterocycles. The fraction of sp³-hybridized carbons (Fsp3) is 0.667. The quantitative estimate of drug-likeness (QED) is 0.780. The minimum atomic E-state index is -5.08. The Balaban J connectivity index is 0.000000345. The van der Waals surface area contributed by atoms with Gasteiger partial charge in [0.25, 0.3) is 0 Å². The molecule has 158 valence electrons. The van der Waals surface area contributed by atoms with Gasteiger partial charge in [-0.05, 0) is 61.5 Å². The fourth-order valence-corrected chi connectivity index (χ4v) is 3.98. The Morgan fingerprint density at radius 1 is 1.43 bits per heavy atom. The number of hydrogen-bond donors (Lipinski definition) is 2. The number of carbonyl (C=O) groups is 2. The predicted octanol–water partition coefficient (Wildman–Crippen LogP) is 2.89. The number of thiophene rings is 1. The number of carboxylic acid groups (broad SMARTS) is 1. The van der Waals surface area contributed by atoms with Crippen LogP contribution < -0.4 is 5.32 Å². The number of fused-ring (bicyclic) bond motifs is 1. The van der Waals surface area contributed by atoms with E-state index in [1.54, 1.807) is 11.3 Å². The Morgan fingerprint density at radius 3 is 2.64 bits per heavy atom. The van der Waals surface area contributed by atoms with Gasteiger partial charge in [-0.25, -0.2) is 4.79 Å². The highest BCUT2D eigenvalue weighted by atomic mass is 32.1. The second-order valence-corrected chi connectivity index (χ2v) is 8.06. The fourth-order valence-electron chi connectivity index (χ4n) is 3.33. The molecule has 0 unspecified atom stereocenters. The van der Waals surface area contributed by atoms with Gasteiger partial charge in [0.1, 0.15) is 6.10 Å². The lowest BCUT2D eigenvalue weighted by molar-refractivity contribution is -0.192. The summed E-state index contributed by atoms with van der Waals surface area (Å²) in [6, 6.07) is 2.37. The zero-order valence-corrected chi connectivity index (χ0v) is 16.6. The summed E-state index contributed by atoms with van der Waals surface area (Å²) in [7, 11) is 0. The van der Waals surface area contributed by atoms with Crippen molar-refractivity contribution in [3.05, 3.63) is 22.4 Å². The van der Waals surface area contributed by atoms with Gasteiger partial charge in [-0.3, -0.25) is 9.69 Å². The molecule has 0 radical (unpaired) electrons. The minimum Gasteiger partial charge on any atom is -0.475 e. The first-order valence-electron chi connectivity index (χ1n) is 9.05. The van der Waals surface area contributed by atoms with Gasteiger partial charge in [-0.15, -0.1) is 0 Å². The number of alkyl halides is 3. The van der Waals surface area contributed by atoms with Gasteiger partial charge in [0.05, 0.1) is 6.10 Å². The number of likely N-dealkylation sites (tertiary alicyclic amines) is 1. The van der Waals surface area contributed by atoms with Gasteiger partial charge < -0.3 is 15.2 Å². The normalized spacial score (nSPS) is 25.0. The largest absolute Gasteiger partial charge is 0.490 e. The number of amides is 1. The SMILES string of the molecule is CC(C)NC(=O)[C@@H]1C[C@@H]2CCN(Cc3ccsc3)C[C@H]2O1.O=C(O)C(F)(F)F. The summed E-state index contributed by atoms with van der Waals surface area (Å²) in [6.45, 7) is 7.04. The zero-order valence-electron chi connectivity index (χ0n) is 15.7. The number of hydrogen-bond acceptors (Lipinski definition) is 5. The molecule has 1 amide bonds. The predicted molar refractivity (Wildman–Crippen MR) is 98.0 cm³/mol. The zero-order chi connectivity index (χ0) is 20.9. The summed E-state index contributed by atoms with van der Waals surface area (Å²) in [4.78, 5) is 23.4. The monoisotopic (exact) mass is 422 g/mol. The molecule has 10 heteroatoms. The second-order valence-electron chi connectivity index (χ2n) is 7.28. The third-order valence-electron chi connectivity index (χ3n) is 4.59. The summed E-state index contributed by atoms with van der Waals surface area (Å²) >= 11 is 1.75. The average Bonchev–Trinajstić information content (AvgIpc) is 3.22. The molecule has 0 bridgehead atoms. The van der Waals surface area contributed by atoms with Gasteiger partial charge >= 0.3 is 12.1 Å². The molecule has 0 saturated carbocycles. The Bertz CT molecular complexity index is 652. The molecule has 28 heavy (non-hydrogen) atoms. The van der Waals surface area contributed by atoms with Crippen molar-refractivity contribution in [3.63, 3.8) is 0 Å². The number of nitrogens with zero attached hydrogens (tertiary/aromatic N) is 1. The van der Waals surface area contributed by atoms with Crippen LogP contribution in [0.25, 0.3) is 0 Å². The molecule has 3 rings (SSSR count). The van der Waals surface area contributed by atoms with E-state index in [-0.39, 0.29) is 24.2 Å². The smallest absolute Gasteiger partial charge is 0.475 e. The van der Waals surface area contributed by atoms with E-state index in [1.165, 1.54) is 5.56 Å². The molecule has 2 N–H and O–H groups in total. The molecular weight excluding hydrogens is 397 g/mol. The molecule has 2 fully saturated rings. The van der Waals surface area contributed by atoms with Gasteiger partial charge in [0.2, 0.25) is 5.91 Å². The maximum Gasteiger partial charge on any atom is 0.490 e. The van der Waals surface area contributed by atoms with E-state index in [1.807, 2.05) is 13.8 Å². The number of nitrogens with one attached hydrogen (secondary N) is 1. The van der Waals surface area contributed by atoms with Crippen molar-refractivity contribution < 1.29 is 32.6 Å². The summed E-state index contributed by atoms with van der Waals surface area (Å²) < 4.78 is 37.8. The third kappa shape index (κ3) is 6.75. The summed E-state index contributed by atoms with van der Waals surface area (Å²) in [6.07, 6.45) is -3.08. The Kier molecular flexibility index (Phi) is 7.85.